The number of rotatable bonds is 0. The molecule has 3 aromatic rings. The highest BCUT2D eigenvalue weighted by atomic mass is 32.1. The normalized spacial score (nSPS) is 21.8. The van der Waals surface area contributed by atoms with E-state index in [1.165, 1.54) is 32.8 Å². The molecule has 2 aliphatic carbocycles. The highest BCUT2D eigenvalue weighted by Crippen LogP contribution is 2.56. The number of benzene rings is 1. The van der Waals surface area contributed by atoms with Gasteiger partial charge in [-0.2, -0.15) is 0 Å². The summed E-state index contributed by atoms with van der Waals surface area (Å²) in [5.41, 5.74) is 7.29. The van der Waals surface area contributed by atoms with Crippen molar-refractivity contribution in [3.05, 3.63) is 76.4 Å². The highest BCUT2D eigenvalue weighted by molar-refractivity contribution is 7.14. The van der Waals surface area contributed by atoms with E-state index in [4.69, 9.17) is 0 Å². The first-order valence-corrected chi connectivity index (χ1v) is 7.87. The molecule has 0 N–H and O–H groups in total. The number of hydrogen-bond donors (Lipinski definition) is 0. The predicted octanol–water partition coefficient (Wildman–Crippen LogP) is 4.21. The summed E-state index contributed by atoms with van der Waals surface area (Å²) in [5.74, 6) is 0. The molecule has 2 heterocycles. The van der Waals surface area contributed by atoms with E-state index in [0.717, 1.165) is 12.8 Å². The fraction of sp³-hybridized carbons (Fsp3) is 0.167. The summed E-state index contributed by atoms with van der Waals surface area (Å²) < 4.78 is 0. The molecular formula is C18H13NS. The topological polar surface area (TPSA) is 12.9 Å². The van der Waals surface area contributed by atoms with Gasteiger partial charge in [0.1, 0.15) is 0 Å². The average Bonchev–Trinajstić information content (AvgIpc) is 3.16. The summed E-state index contributed by atoms with van der Waals surface area (Å²) in [7, 11) is 0. The van der Waals surface area contributed by atoms with Gasteiger partial charge < -0.3 is 0 Å². The van der Waals surface area contributed by atoms with Crippen LogP contribution in [0.15, 0.2) is 54.0 Å². The predicted molar refractivity (Wildman–Crippen MR) is 82.2 cm³/mol. The van der Waals surface area contributed by atoms with E-state index in [1.54, 1.807) is 0 Å². The third-order valence-electron chi connectivity index (χ3n) is 4.81. The Labute approximate surface area is 121 Å². The molecule has 1 unspecified atom stereocenters. The molecule has 2 heteroatoms. The second kappa shape index (κ2) is 3.58. The zero-order valence-corrected chi connectivity index (χ0v) is 11.8. The molecule has 2 aliphatic rings. The molecule has 0 radical (unpaired) electrons. The minimum atomic E-state index is 0.141. The van der Waals surface area contributed by atoms with Crippen molar-refractivity contribution in [1.29, 1.82) is 0 Å². The Kier molecular flexibility index (Phi) is 1.94. The lowest BCUT2D eigenvalue weighted by molar-refractivity contribution is 0.561. The van der Waals surface area contributed by atoms with Crippen LogP contribution in [0, 0.1) is 0 Å². The van der Waals surface area contributed by atoms with Crippen LogP contribution in [0.5, 0.6) is 0 Å². The number of pyridine rings is 1. The molecule has 1 spiro atoms. The van der Waals surface area contributed by atoms with Crippen molar-refractivity contribution in [2.45, 2.75) is 18.3 Å². The molecule has 0 amide bonds. The largest absolute Gasteiger partial charge is 0.261 e. The third-order valence-corrected chi connectivity index (χ3v) is 5.76. The molecule has 1 aromatic carbocycles. The zero-order valence-electron chi connectivity index (χ0n) is 11.0. The molecule has 0 saturated heterocycles. The van der Waals surface area contributed by atoms with E-state index in [9.17, 15) is 0 Å². The van der Waals surface area contributed by atoms with Crippen LogP contribution < -0.4 is 0 Å². The molecule has 5 rings (SSSR count). The van der Waals surface area contributed by atoms with Crippen LogP contribution >= 0.6 is 11.3 Å². The minimum Gasteiger partial charge on any atom is -0.261 e. The number of thiophene rings is 1. The molecule has 2 aromatic heterocycles. The van der Waals surface area contributed by atoms with Crippen LogP contribution in [0.1, 0.15) is 22.4 Å². The van der Waals surface area contributed by atoms with Gasteiger partial charge in [0.05, 0.1) is 0 Å². The van der Waals surface area contributed by atoms with Gasteiger partial charge in [-0.05, 0) is 46.2 Å². The highest BCUT2D eigenvalue weighted by Gasteiger charge is 2.47. The Morgan fingerprint density at radius 3 is 2.85 bits per heavy atom. The number of hydrogen-bond acceptors (Lipinski definition) is 2. The lowest BCUT2D eigenvalue weighted by Gasteiger charge is -2.25. The van der Waals surface area contributed by atoms with E-state index in [2.05, 4.69) is 52.8 Å². The fourth-order valence-corrected chi connectivity index (χ4v) is 5.02. The average molecular weight is 275 g/mol. The SMILES string of the molecule is c1cnc2c(c1)CC1(C2)c2ccccc2-c2sccc21. The van der Waals surface area contributed by atoms with E-state index in [-0.39, 0.29) is 5.41 Å². The molecule has 0 saturated carbocycles. The van der Waals surface area contributed by atoms with Crippen molar-refractivity contribution in [3.63, 3.8) is 0 Å². The zero-order chi connectivity index (χ0) is 13.2. The van der Waals surface area contributed by atoms with Gasteiger partial charge in [-0.3, -0.25) is 4.98 Å². The van der Waals surface area contributed by atoms with Crippen LogP contribution in [0.25, 0.3) is 10.4 Å². The van der Waals surface area contributed by atoms with Crippen LogP contribution in [0.4, 0.5) is 0 Å². The molecule has 1 nitrogen and oxygen atoms in total. The third kappa shape index (κ3) is 1.16. The summed E-state index contributed by atoms with van der Waals surface area (Å²) in [6, 6.07) is 15.5. The molecule has 96 valence electrons. The van der Waals surface area contributed by atoms with Gasteiger partial charge in [0.25, 0.3) is 0 Å². The fourth-order valence-electron chi connectivity index (χ4n) is 3.98. The van der Waals surface area contributed by atoms with E-state index in [1.807, 2.05) is 17.5 Å². The molecular weight excluding hydrogens is 262 g/mol. The van der Waals surface area contributed by atoms with Crippen molar-refractivity contribution < 1.29 is 0 Å². The van der Waals surface area contributed by atoms with E-state index >= 15 is 0 Å². The van der Waals surface area contributed by atoms with Gasteiger partial charge in [-0.25, -0.2) is 0 Å². The molecule has 0 fully saturated rings. The second-order valence-corrected chi connectivity index (χ2v) is 6.67. The summed E-state index contributed by atoms with van der Waals surface area (Å²) in [5, 5.41) is 2.23. The molecule has 1 atom stereocenters. The van der Waals surface area contributed by atoms with E-state index in [0.29, 0.717) is 0 Å². The lowest BCUT2D eigenvalue weighted by Crippen LogP contribution is -2.25. The summed E-state index contributed by atoms with van der Waals surface area (Å²) in [6.45, 7) is 0. The summed E-state index contributed by atoms with van der Waals surface area (Å²) in [6.07, 6.45) is 4.06. The van der Waals surface area contributed by atoms with Gasteiger partial charge in [-0.15, -0.1) is 11.3 Å². The Morgan fingerprint density at radius 1 is 0.950 bits per heavy atom. The van der Waals surface area contributed by atoms with Crippen molar-refractivity contribution in [2.24, 2.45) is 0 Å². The van der Waals surface area contributed by atoms with Crippen molar-refractivity contribution in [3.8, 4) is 10.4 Å². The Bertz CT molecular complexity index is 806. The lowest BCUT2D eigenvalue weighted by atomic mass is 9.76. The maximum atomic E-state index is 4.61. The minimum absolute atomic E-state index is 0.141. The number of nitrogens with zero attached hydrogens (tertiary/aromatic N) is 1. The first-order valence-electron chi connectivity index (χ1n) is 6.99. The maximum absolute atomic E-state index is 4.61. The maximum Gasteiger partial charge on any atom is 0.0448 e. The van der Waals surface area contributed by atoms with Gasteiger partial charge in [0, 0.05) is 28.6 Å². The smallest absolute Gasteiger partial charge is 0.0448 e. The molecule has 20 heavy (non-hydrogen) atoms. The molecule has 0 bridgehead atoms. The first kappa shape index (κ1) is 10.8. The van der Waals surface area contributed by atoms with Gasteiger partial charge in [-0.1, -0.05) is 30.3 Å². The van der Waals surface area contributed by atoms with Gasteiger partial charge in [0.2, 0.25) is 0 Å². The summed E-state index contributed by atoms with van der Waals surface area (Å²) >= 11 is 1.87. The Morgan fingerprint density at radius 2 is 1.90 bits per heavy atom. The van der Waals surface area contributed by atoms with Crippen molar-refractivity contribution in [1.82, 2.24) is 4.98 Å². The van der Waals surface area contributed by atoms with Crippen LogP contribution in [-0.2, 0) is 18.3 Å². The van der Waals surface area contributed by atoms with Crippen molar-refractivity contribution in [2.75, 3.05) is 0 Å². The van der Waals surface area contributed by atoms with Crippen molar-refractivity contribution >= 4 is 11.3 Å². The number of fused-ring (bicyclic) bond motifs is 6. The quantitative estimate of drug-likeness (QED) is 0.599. The standard InChI is InChI=1S/C18H13NS/c1-2-6-14-13(5-1)17-15(7-9-20-17)18(14)10-12-4-3-8-19-16(12)11-18/h1-9H,10-11H2. The van der Waals surface area contributed by atoms with Crippen LogP contribution in [0.2, 0.25) is 0 Å². The molecule has 0 aliphatic heterocycles. The van der Waals surface area contributed by atoms with Gasteiger partial charge >= 0.3 is 0 Å². The monoisotopic (exact) mass is 275 g/mol. The van der Waals surface area contributed by atoms with Crippen LogP contribution in [-0.4, -0.2) is 4.98 Å². The first-order chi connectivity index (χ1) is 9.88. The van der Waals surface area contributed by atoms with Gasteiger partial charge in [0.15, 0.2) is 0 Å². The summed E-state index contributed by atoms with van der Waals surface area (Å²) in [4.78, 5) is 6.08. The Balaban J connectivity index is 1.81. The number of aromatic nitrogens is 1. The van der Waals surface area contributed by atoms with Crippen LogP contribution in [0.3, 0.4) is 0 Å². The second-order valence-electron chi connectivity index (χ2n) is 5.75. The Hall–Kier alpha value is -1.93. The van der Waals surface area contributed by atoms with E-state index < -0.39 is 0 Å².